The van der Waals surface area contributed by atoms with Gasteiger partial charge in [-0.05, 0) is 48.9 Å². The van der Waals surface area contributed by atoms with Gasteiger partial charge in [-0.3, -0.25) is 0 Å². The van der Waals surface area contributed by atoms with Gasteiger partial charge >= 0.3 is 0 Å². The Morgan fingerprint density at radius 3 is 2.53 bits per heavy atom. The molecule has 2 heteroatoms. The molecule has 2 aromatic rings. The molecule has 90 valence electrons. The van der Waals surface area contributed by atoms with Gasteiger partial charge < -0.3 is 5.32 Å². The molecule has 0 radical (unpaired) electrons. The van der Waals surface area contributed by atoms with Crippen LogP contribution in [0, 0.1) is 13.8 Å². The Morgan fingerprint density at radius 2 is 1.88 bits per heavy atom. The third kappa shape index (κ3) is 2.96. The minimum absolute atomic E-state index is 0.401. The minimum atomic E-state index is 0.401. The Kier molecular flexibility index (Phi) is 3.97. The van der Waals surface area contributed by atoms with Crippen LogP contribution in [0.4, 0.5) is 0 Å². The Hall–Kier alpha value is -1.12. The third-order valence-electron chi connectivity index (χ3n) is 3.19. The summed E-state index contributed by atoms with van der Waals surface area (Å²) in [4.78, 5) is 1.44. The van der Waals surface area contributed by atoms with Gasteiger partial charge in [-0.15, -0.1) is 11.3 Å². The van der Waals surface area contributed by atoms with Gasteiger partial charge in [0.2, 0.25) is 0 Å². The van der Waals surface area contributed by atoms with E-state index >= 15 is 0 Å². The molecule has 0 aliphatic carbocycles. The SMILES string of the molecule is Cc1ccccc1[C@H](C)NCc1sccc1C. The van der Waals surface area contributed by atoms with Gasteiger partial charge in [-0.25, -0.2) is 0 Å². The number of hydrogen-bond donors (Lipinski definition) is 1. The quantitative estimate of drug-likeness (QED) is 0.850. The summed E-state index contributed by atoms with van der Waals surface area (Å²) in [6.07, 6.45) is 0. The lowest BCUT2D eigenvalue weighted by Gasteiger charge is -2.16. The van der Waals surface area contributed by atoms with Crippen LogP contribution in [0.15, 0.2) is 35.7 Å². The van der Waals surface area contributed by atoms with Crippen molar-refractivity contribution in [3.8, 4) is 0 Å². The van der Waals surface area contributed by atoms with Crippen LogP contribution in [-0.2, 0) is 6.54 Å². The molecule has 1 heterocycles. The Balaban J connectivity index is 2.01. The molecule has 0 unspecified atom stereocenters. The summed E-state index contributed by atoms with van der Waals surface area (Å²) >= 11 is 1.83. The first-order valence-electron chi connectivity index (χ1n) is 6.00. The van der Waals surface area contributed by atoms with Gasteiger partial charge in [0, 0.05) is 17.5 Å². The highest BCUT2D eigenvalue weighted by Gasteiger charge is 2.08. The fourth-order valence-electron chi connectivity index (χ4n) is 2.01. The molecule has 1 nitrogen and oxygen atoms in total. The van der Waals surface area contributed by atoms with E-state index in [1.807, 2.05) is 11.3 Å². The molecule has 17 heavy (non-hydrogen) atoms. The van der Waals surface area contributed by atoms with Gasteiger partial charge in [0.05, 0.1) is 0 Å². The van der Waals surface area contributed by atoms with E-state index in [0.29, 0.717) is 6.04 Å². The van der Waals surface area contributed by atoms with Crippen molar-refractivity contribution >= 4 is 11.3 Å². The first-order valence-corrected chi connectivity index (χ1v) is 6.88. The molecular weight excluding hydrogens is 226 g/mol. The molecule has 1 atom stereocenters. The minimum Gasteiger partial charge on any atom is -0.305 e. The first kappa shape index (κ1) is 12.3. The molecular formula is C15H19NS. The van der Waals surface area contributed by atoms with Crippen LogP contribution in [0.2, 0.25) is 0 Å². The zero-order chi connectivity index (χ0) is 12.3. The van der Waals surface area contributed by atoms with Crippen LogP contribution in [-0.4, -0.2) is 0 Å². The summed E-state index contributed by atoms with van der Waals surface area (Å²) < 4.78 is 0. The summed E-state index contributed by atoms with van der Waals surface area (Å²) in [5.74, 6) is 0. The number of rotatable bonds is 4. The number of nitrogens with one attached hydrogen (secondary N) is 1. The maximum absolute atomic E-state index is 3.59. The highest BCUT2D eigenvalue weighted by atomic mass is 32.1. The van der Waals surface area contributed by atoms with Gasteiger partial charge in [0.1, 0.15) is 0 Å². The van der Waals surface area contributed by atoms with Gasteiger partial charge in [0.15, 0.2) is 0 Å². The Bertz CT molecular complexity index is 487. The fourth-order valence-corrected chi connectivity index (χ4v) is 2.87. The monoisotopic (exact) mass is 245 g/mol. The Labute approximate surface area is 108 Å². The van der Waals surface area contributed by atoms with Crippen molar-refractivity contribution in [2.45, 2.75) is 33.4 Å². The summed E-state index contributed by atoms with van der Waals surface area (Å²) in [6.45, 7) is 7.53. The molecule has 0 saturated carbocycles. The van der Waals surface area contributed by atoms with Crippen molar-refractivity contribution in [1.82, 2.24) is 5.32 Å². The molecule has 1 aromatic carbocycles. The molecule has 0 aliphatic rings. The highest BCUT2D eigenvalue weighted by molar-refractivity contribution is 7.10. The van der Waals surface area contributed by atoms with E-state index in [1.54, 1.807) is 0 Å². The van der Waals surface area contributed by atoms with E-state index in [1.165, 1.54) is 21.6 Å². The molecule has 0 fully saturated rings. The number of aryl methyl sites for hydroxylation is 2. The largest absolute Gasteiger partial charge is 0.305 e. The lowest BCUT2D eigenvalue weighted by molar-refractivity contribution is 0.575. The average Bonchev–Trinajstić information content (AvgIpc) is 2.72. The van der Waals surface area contributed by atoms with Crippen molar-refractivity contribution in [1.29, 1.82) is 0 Å². The van der Waals surface area contributed by atoms with Crippen molar-refractivity contribution in [2.75, 3.05) is 0 Å². The normalized spacial score (nSPS) is 12.6. The standard InChI is InChI=1S/C15H19NS/c1-11-6-4-5-7-14(11)13(3)16-10-15-12(2)8-9-17-15/h4-9,13,16H,10H2,1-3H3/t13-/m0/s1. The van der Waals surface area contributed by atoms with E-state index in [2.05, 4.69) is 61.8 Å². The van der Waals surface area contributed by atoms with Crippen LogP contribution in [0.25, 0.3) is 0 Å². The number of hydrogen-bond acceptors (Lipinski definition) is 2. The molecule has 0 bridgehead atoms. The topological polar surface area (TPSA) is 12.0 Å². The van der Waals surface area contributed by atoms with E-state index in [0.717, 1.165) is 6.54 Å². The maximum atomic E-state index is 3.59. The third-order valence-corrected chi connectivity index (χ3v) is 4.21. The van der Waals surface area contributed by atoms with Crippen LogP contribution < -0.4 is 5.32 Å². The van der Waals surface area contributed by atoms with Gasteiger partial charge in [-0.2, -0.15) is 0 Å². The summed E-state index contributed by atoms with van der Waals surface area (Å²) in [7, 11) is 0. The molecule has 0 saturated heterocycles. The zero-order valence-electron chi connectivity index (χ0n) is 10.7. The number of benzene rings is 1. The maximum Gasteiger partial charge on any atom is 0.0308 e. The molecule has 2 rings (SSSR count). The van der Waals surface area contributed by atoms with E-state index < -0.39 is 0 Å². The van der Waals surface area contributed by atoms with Crippen molar-refractivity contribution in [3.05, 3.63) is 57.3 Å². The summed E-state index contributed by atoms with van der Waals surface area (Å²) in [6, 6.07) is 11.2. The summed E-state index contributed by atoms with van der Waals surface area (Å²) in [5, 5.41) is 5.75. The second-order valence-corrected chi connectivity index (χ2v) is 5.49. The van der Waals surface area contributed by atoms with E-state index in [4.69, 9.17) is 0 Å². The van der Waals surface area contributed by atoms with Crippen molar-refractivity contribution < 1.29 is 0 Å². The lowest BCUT2D eigenvalue weighted by Crippen LogP contribution is -2.18. The summed E-state index contributed by atoms with van der Waals surface area (Å²) in [5.41, 5.74) is 4.14. The van der Waals surface area contributed by atoms with Crippen molar-refractivity contribution in [2.24, 2.45) is 0 Å². The average molecular weight is 245 g/mol. The van der Waals surface area contributed by atoms with Gasteiger partial charge in [-0.1, -0.05) is 24.3 Å². The molecule has 0 aliphatic heterocycles. The second kappa shape index (κ2) is 5.48. The first-order chi connectivity index (χ1) is 8.18. The molecule has 1 N–H and O–H groups in total. The van der Waals surface area contributed by atoms with Crippen molar-refractivity contribution in [3.63, 3.8) is 0 Å². The highest BCUT2D eigenvalue weighted by Crippen LogP contribution is 2.19. The molecule has 1 aromatic heterocycles. The molecule has 0 amide bonds. The number of thiophene rings is 1. The predicted molar refractivity (Wildman–Crippen MR) is 75.5 cm³/mol. The van der Waals surface area contributed by atoms with E-state index in [9.17, 15) is 0 Å². The second-order valence-electron chi connectivity index (χ2n) is 4.49. The fraction of sp³-hybridized carbons (Fsp3) is 0.333. The predicted octanol–water partition coefficient (Wildman–Crippen LogP) is 4.22. The van der Waals surface area contributed by atoms with Crippen LogP contribution in [0.5, 0.6) is 0 Å². The Morgan fingerprint density at radius 1 is 1.12 bits per heavy atom. The molecule has 0 spiro atoms. The van der Waals surface area contributed by atoms with Crippen LogP contribution in [0.1, 0.15) is 34.5 Å². The zero-order valence-corrected chi connectivity index (χ0v) is 11.5. The smallest absolute Gasteiger partial charge is 0.0308 e. The lowest BCUT2D eigenvalue weighted by atomic mass is 10.0. The van der Waals surface area contributed by atoms with Crippen LogP contribution in [0.3, 0.4) is 0 Å². The van der Waals surface area contributed by atoms with Gasteiger partial charge in [0.25, 0.3) is 0 Å². The van der Waals surface area contributed by atoms with Crippen LogP contribution >= 0.6 is 11.3 Å². The van der Waals surface area contributed by atoms with E-state index in [-0.39, 0.29) is 0 Å².